The van der Waals surface area contributed by atoms with Crippen molar-refractivity contribution in [3.05, 3.63) is 10.4 Å². The van der Waals surface area contributed by atoms with Crippen LogP contribution in [0, 0.1) is 5.92 Å². The van der Waals surface area contributed by atoms with Crippen LogP contribution < -0.4 is 0 Å². The predicted molar refractivity (Wildman–Crippen MR) is 44.1 cm³/mol. The molecule has 6 heteroatoms. The van der Waals surface area contributed by atoms with Gasteiger partial charge in [0.2, 0.25) is 0 Å². The van der Waals surface area contributed by atoms with E-state index in [0.717, 1.165) is 0 Å². The summed E-state index contributed by atoms with van der Waals surface area (Å²) >= 11 is 0. The van der Waals surface area contributed by atoms with Gasteiger partial charge in [-0.3, -0.25) is 4.79 Å². The van der Waals surface area contributed by atoms with Gasteiger partial charge in [-0.2, -0.15) is 0 Å². The van der Waals surface area contributed by atoms with Gasteiger partial charge in [0.05, 0.1) is 0 Å². The third-order valence-corrected chi connectivity index (χ3v) is 2.14. The Morgan fingerprint density at radius 3 is 2.69 bits per heavy atom. The Balaban J connectivity index is 2.62. The summed E-state index contributed by atoms with van der Waals surface area (Å²) in [7, 11) is 0. The van der Waals surface area contributed by atoms with Crippen molar-refractivity contribution in [2.45, 2.75) is 18.9 Å². The topological polar surface area (TPSA) is 95.3 Å². The van der Waals surface area contributed by atoms with E-state index in [1.807, 2.05) is 0 Å². The molecule has 1 rings (SSSR count). The first kappa shape index (κ1) is 9.83. The van der Waals surface area contributed by atoms with Gasteiger partial charge in [-0.1, -0.05) is 5.11 Å². The molecule has 1 fully saturated rings. The predicted octanol–water partition coefficient (Wildman–Crippen LogP) is 1.18. The molecule has 1 N–H and O–H groups in total. The van der Waals surface area contributed by atoms with Crippen molar-refractivity contribution >= 4 is 5.97 Å². The first-order valence-electron chi connectivity index (χ1n) is 4.10. The number of hydrogen-bond donors (Lipinski definition) is 1. The van der Waals surface area contributed by atoms with Crippen LogP contribution in [0.3, 0.4) is 0 Å². The van der Waals surface area contributed by atoms with Crippen LogP contribution >= 0.6 is 0 Å². The fourth-order valence-corrected chi connectivity index (χ4v) is 1.43. The first-order valence-corrected chi connectivity index (χ1v) is 4.10. The van der Waals surface area contributed by atoms with Crippen molar-refractivity contribution in [1.29, 1.82) is 0 Å². The third kappa shape index (κ3) is 2.61. The van der Waals surface area contributed by atoms with E-state index in [1.165, 1.54) is 0 Å². The Bertz CT molecular complexity index is 229. The maximum atomic E-state index is 10.7. The summed E-state index contributed by atoms with van der Waals surface area (Å²) in [6, 6.07) is -0.936. The third-order valence-electron chi connectivity index (χ3n) is 2.14. The van der Waals surface area contributed by atoms with Gasteiger partial charge in [-0.05, 0) is 24.3 Å². The van der Waals surface area contributed by atoms with E-state index in [9.17, 15) is 4.79 Å². The van der Waals surface area contributed by atoms with E-state index < -0.39 is 12.0 Å². The van der Waals surface area contributed by atoms with Crippen molar-refractivity contribution in [2.75, 3.05) is 13.2 Å². The van der Waals surface area contributed by atoms with Gasteiger partial charge in [-0.25, -0.2) is 0 Å². The standard InChI is InChI=1S/C7H11N3O3/c8-10-9-6(7(11)12)5-1-3-13-4-2-5/h5-6H,1-4H2,(H,11,12)/t6-/m0/s1. The number of nitrogens with zero attached hydrogens (tertiary/aromatic N) is 3. The molecule has 0 amide bonds. The number of carboxylic acid groups (broad SMARTS) is 1. The molecular weight excluding hydrogens is 174 g/mol. The molecule has 1 heterocycles. The largest absolute Gasteiger partial charge is 0.481 e. The molecule has 6 nitrogen and oxygen atoms in total. The zero-order chi connectivity index (χ0) is 9.68. The molecule has 0 aromatic heterocycles. The molecule has 0 aromatic rings. The lowest BCUT2D eigenvalue weighted by atomic mass is 9.92. The molecule has 13 heavy (non-hydrogen) atoms. The maximum absolute atomic E-state index is 10.7. The molecule has 1 aliphatic heterocycles. The van der Waals surface area contributed by atoms with Gasteiger partial charge in [0.25, 0.3) is 0 Å². The lowest BCUT2D eigenvalue weighted by molar-refractivity contribution is -0.140. The van der Waals surface area contributed by atoms with E-state index in [0.29, 0.717) is 26.1 Å². The number of carbonyl (C=O) groups is 1. The molecule has 1 saturated heterocycles. The van der Waals surface area contributed by atoms with E-state index in [-0.39, 0.29) is 5.92 Å². The fourth-order valence-electron chi connectivity index (χ4n) is 1.43. The average molecular weight is 185 g/mol. The molecule has 0 aliphatic carbocycles. The smallest absolute Gasteiger partial charge is 0.312 e. The molecule has 0 radical (unpaired) electrons. The normalized spacial score (nSPS) is 20.3. The van der Waals surface area contributed by atoms with Gasteiger partial charge in [0, 0.05) is 18.1 Å². The number of carboxylic acids is 1. The summed E-state index contributed by atoms with van der Waals surface area (Å²) in [5.74, 6) is -1.13. The van der Waals surface area contributed by atoms with Gasteiger partial charge in [0.1, 0.15) is 6.04 Å². The molecule has 0 unspecified atom stereocenters. The minimum atomic E-state index is -1.05. The van der Waals surface area contributed by atoms with Gasteiger partial charge in [-0.15, -0.1) is 0 Å². The fraction of sp³-hybridized carbons (Fsp3) is 0.857. The van der Waals surface area contributed by atoms with Crippen LogP contribution in [0.5, 0.6) is 0 Å². The van der Waals surface area contributed by atoms with E-state index in [4.69, 9.17) is 15.4 Å². The Labute approximate surface area is 75.1 Å². The summed E-state index contributed by atoms with van der Waals surface area (Å²) in [6.45, 7) is 1.10. The molecule has 0 saturated carbocycles. The SMILES string of the molecule is [N-]=[N+]=N[C@H](C(=O)O)C1CCOCC1. The maximum Gasteiger partial charge on any atom is 0.312 e. The van der Waals surface area contributed by atoms with Crippen LogP contribution in [0.2, 0.25) is 0 Å². The Hall–Kier alpha value is -1.26. The van der Waals surface area contributed by atoms with Crippen LogP contribution in [0.15, 0.2) is 5.11 Å². The molecular formula is C7H11N3O3. The Kier molecular flexibility index (Phi) is 3.54. The summed E-state index contributed by atoms with van der Waals surface area (Å²) < 4.78 is 5.08. The average Bonchev–Trinajstić information content (AvgIpc) is 2.15. The van der Waals surface area contributed by atoms with Crippen molar-refractivity contribution in [2.24, 2.45) is 11.0 Å². The molecule has 72 valence electrons. The second-order valence-electron chi connectivity index (χ2n) is 2.94. The highest BCUT2D eigenvalue weighted by Gasteiger charge is 2.28. The van der Waals surface area contributed by atoms with Crippen LogP contribution in [-0.2, 0) is 9.53 Å². The number of hydrogen-bond acceptors (Lipinski definition) is 3. The Morgan fingerprint density at radius 2 is 2.23 bits per heavy atom. The highest BCUT2D eigenvalue weighted by molar-refractivity contribution is 5.74. The summed E-state index contributed by atoms with van der Waals surface area (Å²) in [4.78, 5) is 13.2. The lowest BCUT2D eigenvalue weighted by Gasteiger charge is -2.24. The summed E-state index contributed by atoms with van der Waals surface area (Å²) in [5.41, 5.74) is 8.18. The van der Waals surface area contributed by atoms with Gasteiger partial charge in [0.15, 0.2) is 0 Å². The molecule has 1 aliphatic rings. The molecule has 0 aromatic carbocycles. The highest BCUT2D eigenvalue weighted by Crippen LogP contribution is 2.21. The van der Waals surface area contributed by atoms with Crippen LogP contribution in [0.4, 0.5) is 0 Å². The van der Waals surface area contributed by atoms with Crippen molar-refractivity contribution in [1.82, 2.24) is 0 Å². The minimum absolute atomic E-state index is 0.0813. The second kappa shape index (κ2) is 4.69. The van der Waals surface area contributed by atoms with Crippen LogP contribution in [0.25, 0.3) is 10.4 Å². The summed E-state index contributed by atoms with van der Waals surface area (Å²) in [6.07, 6.45) is 1.30. The Morgan fingerprint density at radius 1 is 1.62 bits per heavy atom. The minimum Gasteiger partial charge on any atom is -0.481 e. The number of rotatable bonds is 3. The van der Waals surface area contributed by atoms with E-state index in [1.54, 1.807) is 0 Å². The number of aliphatic carboxylic acids is 1. The zero-order valence-corrected chi connectivity index (χ0v) is 7.09. The van der Waals surface area contributed by atoms with Crippen LogP contribution in [0.1, 0.15) is 12.8 Å². The molecule has 1 atom stereocenters. The van der Waals surface area contributed by atoms with Crippen molar-refractivity contribution < 1.29 is 14.6 Å². The monoisotopic (exact) mass is 185 g/mol. The lowest BCUT2D eigenvalue weighted by Crippen LogP contribution is -2.31. The van der Waals surface area contributed by atoms with Gasteiger partial charge < -0.3 is 9.84 Å². The highest BCUT2D eigenvalue weighted by atomic mass is 16.5. The second-order valence-corrected chi connectivity index (χ2v) is 2.94. The van der Waals surface area contributed by atoms with Crippen molar-refractivity contribution in [3.63, 3.8) is 0 Å². The number of ether oxygens (including phenoxy) is 1. The zero-order valence-electron chi connectivity index (χ0n) is 7.09. The van der Waals surface area contributed by atoms with Crippen LogP contribution in [-0.4, -0.2) is 30.3 Å². The number of azide groups is 1. The van der Waals surface area contributed by atoms with E-state index in [2.05, 4.69) is 10.0 Å². The molecule has 0 bridgehead atoms. The quantitative estimate of drug-likeness (QED) is 0.406. The van der Waals surface area contributed by atoms with E-state index >= 15 is 0 Å². The first-order chi connectivity index (χ1) is 6.25. The molecule has 0 spiro atoms. The van der Waals surface area contributed by atoms with Crippen molar-refractivity contribution in [3.8, 4) is 0 Å². The summed E-state index contributed by atoms with van der Waals surface area (Å²) in [5, 5.41) is 12.0. The van der Waals surface area contributed by atoms with Gasteiger partial charge >= 0.3 is 5.97 Å².